The van der Waals surface area contributed by atoms with Crippen LogP contribution in [0.25, 0.3) is 115 Å². The standard InChI is InChI=1S/C65H39N/c1-2-18-45(19-3-1)66-60-29-15-12-22-49(60)56-38-44(32-35-61(56)66)63-52-25-8-6-23-50(52)62(51-24-7-9-26-53(51)63)43-31-33-46-42(36-43)30-34-54-55-37-40-16-4-5-17-41(40)39-59(55)65(64(46)54)57-27-13-10-20-47(57)48-21-11-14-28-58(48)65/h1-39H. The molecule has 0 saturated heterocycles. The number of hydrogen-bond acceptors (Lipinski definition) is 0. The van der Waals surface area contributed by atoms with Crippen LogP contribution < -0.4 is 0 Å². The highest BCUT2D eigenvalue weighted by atomic mass is 15.0. The van der Waals surface area contributed by atoms with Crippen LogP contribution in [0.3, 0.4) is 0 Å². The van der Waals surface area contributed by atoms with E-state index in [1.165, 1.54) is 137 Å². The second kappa shape index (κ2) is 13.3. The normalized spacial score (nSPS) is 13.3. The van der Waals surface area contributed by atoms with Gasteiger partial charge in [-0.3, -0.25) is 0 Å². The molecule has 0 N–H and O–H groups in total. The fraction of sp³-hybridized carbons (Fsp3) is 0.0154. The van der Waals surface area contributed by atoms with Gasteiger partial charge in [-0.15, -0.1) is 0 Å². The quantitative estimate of drug-likeness (QED) is 0.156. The van der Waals surface area contributed by atoms with Crippen molar-refractivity contribution in [3.8, 4) is 50.2 Å². The minimum atomic E-state index is -0.446. The van der Waals surface area contributed by atoms with Crippen molar-refractivity contribution < 1.29 is 0 Å². The Hall–Kier alpha value is -8.52. The highest BCUT2D eigenvalue weighted by molar-refractivity contribution is 6.23. The minimum absolute atomic E-state index is 0.446. The molecule has 0 radical (unpaired) electrons. The lowest BCUT2D eigenvalue weighted by atomic mass is 9.69. The van der Waals surface area contributed by atoms with E-state index in [9.17, 15) is 0 Å². The van der Waals surface area contributed by atoms with E-state index in [4.69, 9.17) is 0 Å². The van der Waals surface area contributed by atoms with Crippen molar-refractivity contribution in [1.82, 2.24) is 4.57 Å². The van der Waals surface area contributed by atoms with Crippen LogP contribution in [0.2, 0.25) is 0 Å². The topological polar surface area (TPSA) is 4.93 Å². The van der Waals surface area contributed by atoms with Gasteiger partial charge in [-0.1, -0.05) is 188 Å². The Kier molecular flexibility index (Phi) is 7.21. The SMILES string of the molecule is c1ccc(-n2c3ccccc3c3cc(-c4c5ccccc5c(-c5ccc6c7c(ccc6c5)-c5cc6ccccc6cc5C75c6ccccc6-c6ccccc65)c5ccccc45)ccc32)cc1. The zero-order valence-corrected chi connectivity index (χ0v) is 36.0. The Balaban J connectivity index is 0.973. The van der Waals surface area contributed by atoms with Gasteiger partial charge in [-0.05, 0) is 158 Å². The van der Waals surface area contributed by atoms with E-state index in [-0.39, 0.29) is 0 Å². The van der Waals surface area contributed by atoms with Gasteiger partial charge in [-0.25, -0.2) is 0 Å². The Morgan fingerprint density at radius 1 is 0.273 bits per heavy atom. The molecular formula is C65H39N. The van der Waals surface area contributed by atoms with Gasteiger partial charge in [0.25, 0.3) is 0 Å². The van der Waals surface area contributed by atoms with Crippen molar-refractivity contribution in [1.29, 1.82) is 0 Å². The first-order valence-electron chi connectivity index (χ1n) is 23.1. The average Bonchev–Trinajstić information content (AvgIpc) is 3.98. The first-order valence-corrected chi connectivity index (χ1v) is 23.1. The molecular weight excluding hydrogens is 795 g/mol. The molecule has 0 atom stereocenters. The van der Waals surface area contributed by atoms with Crippen molar-refractivity contribution >= 4 is 64.9 Å². The Morgan fingerprint density at radius 2 is 0.803 bits per heavy atom. The molecule has 1 nitrogen and oxygen atoms in total. The van der Waals surface area contributed by atoms with Gasteiger partial charge in [-0.2, -0.15) is 0 Å². The summed E-state index contributed by atoms with van der Waals surface area (Å²) in [6, 6.07) is 88.9. The summed E-state index contributed by atoms with van der Waals surface area (Å²) in [6.45, 7) is 0. The van der Waals surface area contributed by atoms with Crippen LogP contribution in [0.15, 0.2) is 237 Å². The average molecular weight is 834 g/mol. The molecule has 1 heterocycles. The molecule has 1 aromatic heterocycles. The second-order valence-electron chi connectivity index (χ2n) is 18.3. The monoisotopic (exact) mass is 833 g/mol. The summed E-state index contributed by atoms with van der Waals surface area (Å²) in [5.74, 6) is 0. The lowest BCUT2D eigenvalue weighted by Crippen LogP contribution is -2.26. The highest BCUT2D eigenvalue weighted by Gasteiger charge is 2.52. The molecule has 0 unspecified atom stereocenters. The summed E-state index contributed by atoms with van der Waals surface area (Å²) < 4.78 is 2.40. The largest absolute Gasteiger partial charge is 0.309 e. The van der Waals surface area contributed by atoms with E-state index in [2.05, 4.69) is 241 Å². The van der Waals surface area contributed by atoms with Gasteiger partial charge in [0.05, 0.1) is 16.4 Å². The summed E-state index contributed by atoms with van der Waals surface area (Å²) in [5, 5.41) is 12.6. The summed E-state index contributed by atoms with van der Waals surface area (Å²) in [7, 11) is 0. The zero-order valence-electron chi connectivity index (χ0n) is 36.0. The smallest absolute Gasteiger partial charge is 0.0731 e. The Morgan fingerprint density at radius 3 is 1.48 bits per heavy atom. The van der Waals surface area contributed by atoms with Crippen LogP contribution in [-0.4, -0.2) is 4.57 Å². The van der Waals surface area contributed by atoms with Crippen molar-refractivity contribution in [2.24, 2.45) is 0 Å². The molecule has 13 aromatic rings. The van der Waals surface area contributed by atoms with Gasteiger partial charge in [0.1, 0.15) is 0 Å². The predicted molar refractivity (Wildman–Crippen MR) is 278 cm³/mol. The van der Waals surface area contributed by atoms with Gasteiger partial charge in [0.2, 0.25) is 0 Å². The molecule has 15 rings (SSSR count). The van der Waals surface area contributed by atoms with Crippen LogP contribution in [0.4, 0.5) is 0 Å². The van der Waals surface area contributed by atoms with Crippen LogP contribution in [0, 0.1) is 0 Å². The van der Waals surface area contributed by atoms with Gasteiger partial charge in [0, 0.05) is 16.5 Å². The summed E-state index contributed by atoms with van der Waals surface area (Å²) in [6.07, 6.45) is 0. The molecule has 1 heteroatoms. The highest BCUT2D eigenvalue weighted by Crippen LogP contribution is 2.64. The molecule has 304 valence electrons. The Labute approximate surface area is 382 Å². The lowest BCUT2D eigenvalue weighted by molar-refractivity contribution is 0.802. The van der Waals surface area contributed by atoms with Gasteiger partial charge < -0.3 is 4.57 Å². The number of nitrogens with zero attached hydrogens (tertiary/aromatic N) is 1. The first-order chi connectivity index (χ1) is 32.8. The van der Waals surface area contributed by atoms with Crippen LogP contribution in [0.5, 0.6) is 0 Å². The molecule has 0 aliphatic heterocycles. The number of rotatable bonds is 3. The fourth-order valence-corrected chi connectivity index (χ4v) is 12.6. The molecule has 12 aromatic carbocycles. The zero-order chi connectivity index (χ0) is 43.1. The fourth-order valence-electron chi connectivity index (χ4n) is 12.6. The third-order valence-corrected chi connectivity index (χ3v) is 15.1. The van der Waals surface area contributed by atoms with Gasteiger partial charge in [0.15, 0.2) is 0 Å². The molecule has 2 aliphatic carbocycles. The molecule has 2 aliphatic rings. The van der Waals surface area contributed by atoms with Crippen LogP contribution in [-0.2, 0) is 5.41 Å². The van der Waals surface area contributed by atoms with E-state index < -0.39 is 5.41 Å². The van der Waals surface area contributed by atoms with E-state index in [0.717, 1.165) is 0 Å². The molecule has 0 fully saturated rings. The summed E-state index contributed by atoms with van der Waals surface area (Å²) >= 11 is 0. The second-order valence-corrected chi connectivity index (χ2v) is 18.3. The van der Waals surface area contributed by atoms with Crippen molar-refractivity contribution in [2.75, 3.05) is 0 Å². The maximum Gasteiger partial charge on any atom is 0.0731 e. The van der Waals surface area contributed by atoms with E-state index in [1.54, 1.807) is 0 Å². The van der Waals surface area contributed by atoms with Crippen molar-refractivity contribution in [3.63, 3.8) is 0 Å². The molecule has 0 saturated carbocycles. The molecule has 66 heavy (non-hydrogen) atoms. The van der Waals surface area contributed by atoms with Gasteiger partial charge >= 0.3 is 0 Å². The number of aromatic nitrogens is 1. The van der Waals surface area contributed by atoms with Crippen LogP contribution >= 0.6 is 0 Å². The van der Waals surface area contributed by atoms with E-state index in [0.29, 0.717) is 0 Å². The minimum Gasteiger partial charge on any atom is -0.309 e. The molecule has 1 spiro atoms. The predicted octanol–water partition coefficient (Wildman–Crippen LogP) is 17.1. The van der Waals surface area contributed by atoms with Crippen molar-refractivity contribution in [3.05, 3.63) is 259 Å². The number of para-hydroxylation sites is 2. The maximum atomic E-state index is 2.49. The summed E-state index contributed by atoms with van der Waals surface area (Å²) in [5.41, 5.74) is 19.0. The third-order valence-electron chi connectivity index (χ3n) is 15.1. The number of hydrogen-bond donors (Lipinski definition) is 0. The summed E-state index contributed by atoms with van der Waals surface area (Å²) in [4.78, 5) is 0. The van der Waals surface area contributed by atoms with E-state index in [1.807, 2.05) is 0 Å². The van der Waals surface area contributed by atoms with E-state index >= 15 is 0 Å². The van der Waals surface area contributed by atoms with Crippen LogP contribution in [0.1, 0.15) is 22.3 Å². The number of fused-ring (bicyclic) bond motifs is 18. The van der Waals surface area contributed by atoms with Crippen molar-refractivity contribution in [2.45, 2.75) is 5.41 Å². The third kappa shape index (κ3) is 4.64. The molecule has 0 bridgehead atoms. The lowest BCUT2D eigenvalue weighted by Gasteiger charge is -2.31. The Bertz CT molecular complexity index is 4120. The first kappa shape index (κ1) is 35.9. The molecule has 0 amide bonds. The number of benzene rings is 12. The maximum absolute atomic E-state index is 2.49.